The molecule has 1 N–H and O–H groups in total. The molecule has 1 saturated heterocycles. The van der Waals surface area contributed by atoms with Crippen molar-refractivity contribution in [2.75, 3.05) is 31.6 Å². The number of benzene rings is 2. The Hall–Kier alpha value is -3.77. The van der Waals surface area contributed by atoms with Crippen molar-refractivity contribution in [1.29, 1.82) is 0 Å². The van der Waals surface area contributed by atoms with E-state index in [1.807, 2.05) is 59.8 Å². The van der Waals surface area contributed by atoms with Crippen LogP contribution in [-0.2, 0) is 17.7 Å². The third-order valence-electron chi connectivity index (χ3n) is 6.56. The van der Waals surface area contributed by atoms with Crippen LogP contribution in [0.25, 0.3) is 10.9 Å². The highest BCUT2D eigenvalue weighted by molar-refractivity contribution is 5.95. The summed E-state index contributed by atoms with van der Waals surface area (Å²) in [4.78, 5) is 24.1. The number of hydrogen-bond donors (Lipinski definition) is 1. The quantitative estimate of drug-likeness (QED) is 0.439. The van der Waals surface area contributed by atoms with Crippen LogP contribution in [0.1, 0.15) is 27.0 Å². The molecule has 6 heteroatoms. The van der Waals surface area contributed by atoms with Gasteiger partial charge in [0, 0.05) is 60.8 Å². The van der Waals surface area contributed by atoms with Crippen molar-refractivity contribution in [3.8, 4) is 0 Å². The molecule has 1 aliphatic rings. The first-order valence-electron chi connectivity index (χ1n) is 12.1. The highest BCUT2D eigenvalue weighted by Gasteiger charge is 2.24. The number of aromatic nitrogens is 2. The molecule has 1 aliphatic heterocycles. The summed E-state index contributed by atoms with van der Waals surface area (Å²) >= 11 is 0. The lowest BCUT2D eigenvalue weighted by Crippen LogP contribution is -2.36. The van der Waals surface area contributed by atoms with Gasteiger partial charge in [0.25, 0.3) is 5.91 Å². The number of carbonyl (C=O) groups excluding carboxylic acids is 1. The molecule has 5 rings (SSSR count). The van der Waals surface area contributed by atoms with E-state index in [1.54, 1.807) is 6.20 Å². The fourth-order valence-electron chi connectivity index (χ4n) is 4.67. The minimum atomic E-state index is 0.0458. The molecule has 0 aliphatic carbocycles. The van der Waals surface area contributed by atoms with Crippen LogP contribution < -0.4 is 5.32 Å². The van der Waals surface area contributed by atoms with Crippen molar-refractivity contribution in [2.45, 2.75) is 19.9 Å². The number of anilines is 1. The van der Waals surface area contributed by atoms with Crippen LogP contribution in [0.2, 0.25) is 0 Å². The summed E-state index contributed by atoms with van der Waals surface area (Å²) < 4.78 is 5.91. The molecule has 0 bridgehead atoms. The smallest absolute Gasteiger partial charge is 0.254 e. The highest BCUT2D eigenvalue weighted by Crippen LogP contribution is 2.23. The van der Waals surface area contributed by atoms with E-state index in [0.717, 1.165) is 28.8 Å². The summed E-state index contributed by atoms with van der Waals surface area (Å²) in [5, 5.41) is 4.62. The van der Waals surface area contributed by atoms with Gasteiger partial charge >= 0.3 is 0 Å². The second-order valence-electron chi connectivity index (χ2n) is 9.13. The van der Waals surface area contributed by atoms with Crippen molar-refractivity contribution < 1.29 is 9.53 Å². The fourth-order valence-corrected chi connectivity index (χ4v) is 4.67. The first kappa shape index (κ1) is 23.0. The lowest BCUT2D eigenvalue weighted by atomic mass is 9.96. The highest BCUT2D eigenvalue weighted by atomic mass is 16.5. The Balaban J connectivity index is 1.30. The fraction of sp³-hybridized carbons (Fsp3) is 0.276. The first-order valence-corrected chi connectivity index (χ1v) is 12.1. The second-order valence-corrected chi connectivity index (χ2v) is 9.13. The summed E-state index contributed by atoms with van der Waals surface area (Å²) in [5.74, 6) is 0.269. The van der Waals surface area contributed by atoms with Gasteiger partial charge in [-0.05, 0) is 60.4 Å². The number of rotatable bonds is 6. The molecule has 1 atom stereocenters. The Morgan fingerprint density at radius 1 is 1.11 bits per heavy atom. The van der Waals surface area contributed by atoms with Gasteiger partial charge in [-0.2, -0.15) is 0 Å². The normalized spacial score (nSPS) is 16.1. The van der Waals surface area contributed by atoms with Crippen molar-refractivity contribution in [3.63, 3.8) is 0 Å². The van der Waals surface area contributed by atoms with E-state index in [0.29, 0.717) is 38.4 Å². The maximum absolute atomic E-state index is 13.5. The Morgan fingerprint density at radius 3 is 2.91 bits per heavy atom. The van der Waals surface area contributed by atoms with Crippen molar-refractivity contribution >= 4 is 22.5 Å². The largest absolute Gasteiger partial charge is 0.381 e. The molecule has 0 spiro atoms. The van der Waals surface area contributed by atoms with Gasteiger partial charge in [0.15, 0.2) is 0 Å². The number of nitrogens with one attached hydrogen (secondary N) is 1. The number of carbonyl (C=O) groups is 1. The molecular weight excluding hydrogens is 436 g/mol. The minimum absolute atomic E-state index is 0.0458. The summed E-state index contributed by atoms with van der Waals surface area (Å²) in [6.07, 6.45) is 6.28. The van der Waals surface area contributed by atoms with Gasteiger partial charge < -0.3 is 15.0 Å². The minimum Gasteiger partial charge on any atom is -0.381 e. The van der Waals surface area contributed by atoms with E-state index < -0.39 is 0 Å². The summed E-state index contributed by atoms with van der Waals surface area (Å²) in [6, 6.07) is 20.2. The van der Waals surface area contributed by atoms with Crippen LogP contribution in [-0.4, -0.2) is 47.1 Å². The number of nitrogens with zero attached hydrogens (tertiary/aromatic N) is 3. The van der Waals surface area contributed by atoms with Crippen molar-refractivity contribution in [2.24, 2.45) is 5.92 Å². The van der Waals surface area contributed by atoms with Gasteiger partial charge in [0.2, 0.25) is 0 Å². The summed E-state index contributed by atoms with van der Waals surface area (Å²) in [7, 11) is 0. The molecule has 0 saturated carbocycles. The zero-order valence-electron chi connectivity index (χ0n) is 20.0. The molecule has 2 aromatic carbocycles. The Kier molecular flexibility index (Phi) is 7.00. The first-order chi connectivity index (χ1) is 17.2. The number of pyridine rings is 2. The van der Waals surface area contributed by atoms with Gasteiger partial charge in [0.05, 0.1) is 18.7 Å². The Bertz CT molecular complexity index is 1300. The summed E-state index contributed by atoms with van der Waals surface area (Å²) in [5.41, 5.74) is 6.10. The van der Waals surface area contributed by atoms with E-state index in [9.17, 15) is 4.79 Å². The Labute approximate surface area is 206 Å². The number of fused-ring (bicyclic) bond motifs is 1. The lowest BCUT2D eigenvalue weighted by molar-refractivity contribution is 0.0737. The predicted molar refractivity (Wildman–Crippen MR) is 138 cm³/mol. The van der Waals surface area contributed by atoms with Gasteiger partial charge in [-0.25, -0.2) is 0 Å². The van der Waals surface area contributed by atoms with E-state index >= 15 is 0 Å². The molecule has 178 valence electrons. The molecule has 35 heavy (non-hydrogen) atoms. The van der Waals surface area contributed by atoms with Gasteiger partial charge in [-0.3, -0.25) is 14.8 Å². The van der Waals surface area contributed by atoms with Crippen molar-refractivity contribution in [1.82, 2.24) is 14.9 Å². The predicted octanol–water partition coefficient (Wildman–Crippen LogP) is 4.88. The van der Waals surface area contributed by atoms with E-state index in [-0.39, 0.29) is 11.8 Å². The zero-order valence-corrected chi connectivity index (χ0v) is 20.0. The van der Waals surface area contributed by atoms with Crippen LogP contribution in [0.5, 0.6) is 0 Å². The lowest BCUT2D eigenvalue weighted by Gasteiger charge is -2.24. The van der Waals surface area contributed by atoms with E-state index in [1.165, 1.54) is 10.9 Å². The van der Waals surface area contributed by atoms with Crippen LogP contribution in [0.15, 0.2) is 79.3 Å². The van der Waals surface area contributed by atoms with Gasteiger partial charge in [-0.1, -0.05) is 30.3 Å². The molecule has 1 unspecified atom stereocenters. The molecule has 0 radical (unpaired) electrons. The second kappa shape index (κ2) is 10.7. The Morgan fingerprint density at radius 2 is 2.03 bits per heavy atom. The summed E-state index contributed by atoms with van der Waals surface area (Å²) in [6.45, 7) is 5.17. The number of ether oxygens (including phenoxy) is 1. The molecule has 1 amide bonds. The SMILES string of the molecule is Cc1ccc(C(=O)N2CCOCC(Cc3cccc4ncccc34)C2)cc1NCc1cccnc1. The molecule has 3 heterocycles. The third-order valence-corrected chi connectivity index (χ3v) is 6.56. The molecule has 1 fully saturated rings. The number of amides is 1. The maximum Gasteiger partial charge on any atom is 0.254 e. The molecule has 2 aromatic heterocycles. The average molecular weight is 467 g/mol. The van der Waals surface area contributed by atoms with Crippen LogP contribution in [0.3, 0.4) is 0 Å². The monoisotopic (exact) mass is 466 g/mol. The van der Waals surface area contributed by atoms with E-state index in [2.05, 4.69) is 40.4 Å². The van der Waals surface area contributed by atoms with Gasteiger partial charge in [0.1, 0.15) is 0 Å². The standard InChI is InChI=1S/C29H30N4O2/c1-21-9-10-25(16-28(21)32-18-22-5-3-11-30-17-22)29(34)33-13-14-35-20-23(19-33)15-24-6-2-8-27-26(24)7-4-12-31-27/h2-12,16-17,23,32H,13-15,18-20H2,1H3. The zero-order chi connectivity index (χ0) is 24.0. The number of aryl methyl sites for hydroxylation is 1. The van der Waals surface area contributed by atoms with Crippen LogP contribution >= 0.6 is 0 Å². The molecular formula is C29H30N4O2. The van der Waals surface area contributed by atoms with E-state index in [4.69, 9.17) is 4.74 Å². The van der Waals surface area contributed by atoms with Crippen LogP contribution in [0, 0.1) is 12.8 Å². The topological polar surface area (TPSA) is 67.4 Å². The molecule has 4 aromatic rings. The number of hydrogen-bond acceptors (Lipinski definition) is 5. The average Bonchev–Trinajstić information content (AvgIpc) is 3.14. The van der Waals surface area contributed by atoms with Crippen LogP contribution in [0.4, 0.5) is 5.69 Å². The van der Waals surface area contributed by atoms with Crippen molar-refractivity contribution in [3.05, 3.63) is 102 Å². The molecule has 6 nitrogen and oxygen atoms in total. The third kappa shape index (κ3) is 5.49. The maximum atomic E-state index is 13.5. The van der Waals surface area contributed by atoms with Gasteiger partial charge in [-0.15, -0.1) is 0 Å².